The van der Waals surface area contributed by atoms with E-state index in [0.29, 0.717) is 13.1 Å². The lowest BCUT2D eigenvalue weighted by Gasteiger charge is -2.36. The average molecular weight is 399 g/mol. The zero-order valence-electron chi connectivity index (χ0n) is 18.3. The van der Waals surface area contributed by atoms with Gasteiger partial charge in [0.05, 0.1) is 0 Å². The van der Waals surface area contributed by atoms with Crippen LogP contribution in [-0.2, 0) is 11.3 Å². The van der Waals surface area contributed by atoms with Crippen molar-refractivity contribution in [2.24, 2.45) is 0 Å². The van der Waals surface area contributed by atoms with Crippen LogP contribution < -0.4 is 10.2 Å². The van der Waals surface area contributed by atoms with E-state index in [4.69, 9.17) is 11.2 Å². The Morgan fingerprint density at radius 2 is 1.79 bits per heavy atom. The molecule has 2 fully saturated rings. The van der Waals surface area contributed by atoms with Gasteiger partial charge in [-0.2, -0.15) is 0 Å². The molecule has 29 heavy (non-hydrogen) atoms. The highest BCUT2D eigenvalue weighted by Crippen LogP contribution is 2.25. The largest absolute Gasteiger partial charge is 0.444 e. The number of hydrogen-bond donors (Lipinski definition) is 1. The Kier molecular flexibility index (Phi) is 6.71. The SMILES string of the molecule is C#Cc1cc(N2CCNCC2)cc(CN2CCN(C(=O)OC(C)(C)C)CC2)c1C. The highest BCUT2D eigenvalue weighted by molar-refractivity contribution is 5.68. The van der Waals surface area contributed by atoms with Gasteiger partial charge in [-0.25, -0.2) is 4.79 Å². The van der Waals surface area contributed by atoms with Crippen LogP contribution in [0.3, 0.4) is 0 Å². The standard InChI is InChI=1S/C23H34N4O2/c1-6-19-15-21(26-9-7-24-8-10-26)16-20(18(19)2)17-25-11-13-27(14-12-25)22(28)29-23(3,4)5/h1,15-16,24H,7-14,17H2,2-5H3. The van der Waals surface area contributed by atoms with Crippen LogP contribution in [0, 0.1) is 19.3 Å². The number of carbonyl (C=O) groups is 1. The number of terminal acetylenes is 1. The molecule has 0 saturated carbocycles. The van der Waals surface area contributed by atoms with Crippen molar-refractivity contribution in [1.82, 2.24) is 15.1 Å². The summed E-state index contributed by atoms with van der Waals surface area (Å²) in [5.74, 6) is 2.87. The molecule has 0 aliphatic carbocycles. The third-order valence-corrected chi connectivity index (χ3v) is 5.56. The van der Waals surface area contributed by atoms with Gasteiger partial charge in [-0.05, 0) is 51.0 Å². The number of amides is 1. The van der Waals surface area contributed by atoms with E-state index in [1.807, 2.05) is 20.8 Å². The highest BCUT2D eigenvalue weighted by Gasteiger charge is 2.26. The first kappa shape index (κ1) is 21.5. The number of nitrogens with zero attached hydrogens (tertiary/aromatic N) is 3. The van der Waals surface area contributed by atoms with Gasteiger partial charge < -0.3 is 19.9 Å². The summed E-state index contributed by atoms with van der Waals surface area (Å²) >= 11 is 0. The molecule has 0 aromatic heterocycles. The van der Waals surface area contributed by atoms with Crippen molar-refractivity contribution in [2.45, 2.75) is 39.8 Å². The van der Waals surface area contributed by atoms with E-state index in [-0.39, 0.29) is 6.09 Å². The van der Waals surface area contributed by atoms with Gasteiger partial charge in [-0.1, -0.05) is 5.92 Å². The molecule has 158 valence electrons. The monoisotopic (exact) mass is 398 g/mol. The van der Waals surface area contributed by atoms with Crippen molar-refractivity contribution in [3.05, 3.63) is 28.8 Å². The molecule has 1 aromatic carbocycles. The highest BCUT2D eigenvalue weighted by atomic mass is 16.6. The minimum atomic E-state index is -0.457. The molecule has 2 aliphatic rings. The molecule has 0 bridgehead atoms. The van der Waals surface area contributed by atoms with Gasteiger partial charge in [0.25, 0.3) is 0 Å². The number of anilines is 1. The van der Waals surface area contributed by atoms with Gasteiger partial charge in [-0.3, -0.25) is 4.90 Å². The number of carbonyl (C=O) groups excluding carboxylic acids is 1. The van der Waals surface area contributed by atoms with Crippen LogP contribution in [0.15, 0.2) is 12.1 Å². The first-order valence-electron chi connectivity index (χ1n) is 10.5. The summed E-state index contributed by atoms with van der Waals surface area (Å²) in [5.41, 5.74) is 4.19. The molecular weight excluding hydrogens is 364 g/mol. The van der Waals surface area contributed by atoms with Gasteiger partial charge >= 0.3 is 6.09 Å². The molecule has 2 saturated heterocycles. The van der Waals surface area contributed by atoms with Gasteiger partial charge in [-0.15, -0.1) is 6.42 Å². The lowest BCUT2D eigenvalue weighted by molar-refractivity contribution is 0.0139. The molecule has 1 N–H and O–H groups in total. The maximum Gasteiger partial charge on any atom is 0.410 e. The first-order chi connectivity index (χ1) is 13.8. The van der Waals surface area contributed by atoms with Gasteiger partial charge in [0.1, 0.15) is 5.60 Å². The van der Waals surface area contributed by atoms with Gasteiger partial charge in [0.2, 0.25) is 0 Å². The average Bonchev–Trinajstić information content (AvgIpc) is 2.69. The molecule has 0 unspecified atom stereocenters. The van der Waals surface area contributed by atoms with Crippen LogP contribution in [0.25, 0.3) is 0 Å². The number of benzene rings is 1. The Morgan fingerprint density at radius 3 is 2.38 bits per heavy atom. The van der Waals surface area contributed by atoms with Gasteiger partial charge in [0, 0.05) is 70.2 Å². The van der Waals surface area contributed by atoms with E-state index in [0.717, 1.165) is 51.4 Å². The van der Waals surface area contributed by atoms with E-state index < -0.39 is 5.60 Å². The van der Waals surface area contributed by atoms with E-state index in [1.54, 1.807) is 4.90 Å². The molecule has 6 heteroatoms. The molecule has 3 rings (SSSR count). The second kappa shape index (κ2) is 9.06. The summed E-state index contributed by atoms with van der Waals surface area (Å²) in [7, 11) is 0. The van der Waals surface area contributed by atoms with Crippen molar-refractivity contribution in [3.63, 3.8) is 0 Å². The third kappa shape index (κ3) is 5.65. The predicted molar refractivity (Wildman–Crippen MR) is 117 cm³/mol. The van der Waals surface area contributed by atoms with Crippen molar-refractivity contribution in [2.75, 3.05) is 57.3 Å². The first-order valence-corrected chi connectivity index (χ1v) is 10.5. The maximum absolute atomic E-state index is 12.3. The number of ether oxygens (including phenoxy) is 1. The number of piperazine rings is 2. The van der Waals surface area contributed by atoms with Crippen molar-refractivity contribution in [1.29, 1.82) is 0 Å². The van der Waals surface area contributed by atoms with Crippen LogP contribution >= 0.6 is 0 Å². The summed E-state index contributed by atoms with van der Waals surface area (Å²) in [5, 5.41) is 3.40. The van der Waals surface area contributed by atoms with Crippen LogP contribution in [0.5, 0.6) is 0 Å². The Hall–Kier alpha value is -2.23. The molecule has 1 amide bonds. The minimum absolute atomic E-state index is 0.219. The van der Waals surface area contributed by atoms with E-state index in [1.165, 1.54) is 16.8 Å². The minimum Gasteiger partial charge on any atom is -0.444 e. The van der Waals surface area contributed by atoms with Crippen molar-refractivity contribution >= 4 is 11.8 Å². The normalized spacial score (nSPS) is 18.4. The van der Waals surface area contributed by atoms with Crippen LogP contribution in [0.2, 0.25) is 0 Å². The zero-order chi connectivity index (χ0) is 21.0. The quantitative estimate of drug-likeness (QED) is 0.793. The molecule has 0 spiro atoms. The molecule has 2 aliphatic heterocycles. The Bertz CT molecular complexity index is 764. The molecule has 0 atom stereocenters. The fourth-order valence-corrected chi connectivity index (χ4v) is 3.83. The van der Waals surface area contributed by atoms with Crippen LogP contribution in [-0.4, -0.2) is 73.9 Å². The van der Waals surface area contributed by atoms with E-state index in [9.17, 15) is 4.79 Å². The fraction of sp³-hybridized carbons (Fsp3) is 0.609. The second-order valence-corrected chi connectivity index (χ2v) is 8.90. The lowest BCUT2D eigenvalue weighted by atomic mass is 10.00. The number of hydrogen-bond acceptors (Lipinski definition) is 5. The zero-order valence-corrected chi connectivity index (χ0v) is 18.3. The van der Waals surface area contributed by atoms with E-state index in [2.05, 4.69) is 40.1 Å². The number of nitrogens with one attached hydrogen (secondary N) is 1. The third-order valence-electron chi connectivity index (χ3n) is 5.56. The molecule has 6 nitrogen and oxygen atoms in total. The Balaban J connectivity index is 1.66. The molecule has 0 radical (unpaired) electrons. The summed E-state index contributed by atoms with van der Waals surface area (Å²) in [6.07, 6.45) is 5.58. The van der Waals surface area contributed by atoms with Crippen molar-refractivity contribution in [3.8, 4) is 12.3 Å². The molecule has 1 aromatic rings. The summed E-state index contributed by atoms with van der Waals surface area (Å²) in [6.45, 7) is 15.7. The van der Waals surface area contributed by atoms with Crippen LogP contribution in [0.1, 0.15) is 37.5 Å². The maximum atomic E-state index is 12.3. The summed E-state index contributed by atoms with van der Waals surface area (Å²) in [6, 6.07) is 4.44. The topological polar surface area (TPSA) is 48.0 Å². The van der Waals surface area contributed by atoms with E-state index >= 15 is 0 Å². The number of rotatable bonds is 3. The van der Waals surface area contributed by atoms with Gasteiger partial charge in [0.15, 0.2) is 0 Å². The van der Waals surface area contributed by atoms with Crippen LogP contribution in [0.4, 0.5) is 10.5 Å². The molecular formula is C23H34N4O2. The smallest absolute Gasteiger partial charge is 0.410 e. The Labute approximate surface area is 175 Å². The van der Waals surface area contributed by atoms with Crippen molar-refractivity contribution < 1.29 is 9.53 Å². The summed E-state index contributed by atoms with van der Waals surface area (Å²) < 4.78 is 5.50. The molecule has 2 heterocycles. The second-order valence-electron chi connectivity index (χ2n) is 8.90. The lowest BCUT2D eigenvalue weighted by Crippen LogP contribution is -2.49. The Morgan fingerprint density at radius 1 is 1.14 bits per heavy atom. The summed E-state index contributed by atoms with van der Waals surface area (Å²) in [4.78, 5) is 18.9. The predicted octanol–water partition coefficient (Wildman–Crippen LogP) is 2.44. The fourth-order valence-electron chi connectivity index (χ4n) is 3.83.